The van der Waals surface area contributed by atoms with Crippen molar-refractivity contribution in [3.63, 3.8) is 0 Å². The number of nitrogens with one attached hydrogen (secondary N) is 2. The minimum Gasteiger partial charge on any atom is -0.478 e. The fourth-order valence-corrected chi connectivity index (χ4v) is 4.54. The zero-order chi connectivity index (χ0) is 22.2. The summed E-state index contributed by atoms with van der Waals surface area (Å²) < 4.78 is 35.0. The molecule has 1 aromatic carbocycles. The number of aryl methyl sites for hydroxylation is 2. The van der Waals surface area contributed by atoms with Crippen LogP contribution in [-0.2, 0) is 21.4 Å². The van der Waals surface area contributed by atoms with Crippen molar-refractivity contribution in [2.24, 2.45) is 5.92 Å². The summed E-state index contributed by atoms with van der Waals surface area (Å²) in [5, 5.41) is 6.83. The van der Waals surface area contributed by atoms with Crippen molar-refractivity contribution in [2.45, 2.75) is 51.7 Å². The van der Waals surface area contributed by atoms with E-state index in [-0.39, 0.29) is 33.2 Å². The van der Waals surface area contributed by atoms with Crippen molar-refractivity contribution < 1.29 is 22.7 Å². The summed E-state index contributed by atoms with van der Waals surface area (Å²) in [4.78, 5) is 24.5. The van der Waals surface area contributed by atoms with E-state index in [0.29, 0.717) is 17.8 Å². The van der Waals surface area contributed by atoms with Crippen LogP contribution in [0.1, 0.15) is 43.2 Å². The molecule has 1 atom stereocenters. The van der Waals surface area contributed by atoms with Gasteiger partial charge in [-0.15, -0.1) is 0 Å². The van der Waals surface area contributed by atoms with Crippen LogP contribution in [0.25, 0.3) is 0 Å². The highest BCUT2D eigenvalue weighted by atomic mass is 35.5. The highest BCUT2D eigenvalue weighted by Gasteiger charge is 2.32. The Bertz CT molecular complexity index is 1110. The minimum atomic E-state index is -4.24. The Hall–Kier alpha value is -2.59. The van der Waals surface area contributed by atoms with Crippen LogP contribution in [0.15, 0.2) is 23.2 Å². The van der Waals surface area contributed by atoms with E-state index in [0.717, 1.165) is 6.42 Å². The van der Waals surface area contributed by atoms with Gasteiger partial charge in [-0.2, -0.15) is 5.10 Å². The first-order valence-corrected chi connectivity index (χ1v) is 11.3. The van der Waals surface area contributed by atoms with E-state index in [9.17, 15) is 18.0 Å². The maximum absolute atomic E-state index is 12.9. The number of anilines is 1. The molecule has 1 aliphatic rings. The SMILES string of the molecule is CCCn1cc(Cl)c(C(=O)NS(=O)(=O)c2cc3c(cc2C)NC(=O)[C@H](C(C)C)O3)n1. The summed E-state index contributed by atoms with van der Waals surface area (Å²) in [6.45, 7) is 7.69. The molecule has 0 saturated heterocycles. The molecule has 0 aliphatic carbocycles. The lowest BCUT2D eigenvalue weighted by molar-refractivity contribution is -0.125. The first-order chi connectivity index (χ1) is 14.0. The fourth-order valence-electron chi connectivity index (χ4n) is 3.11. The molecule has 0 fully saturated rings. The number of ether oxygens (including phenoxy) is 1. The molecule has 0 saturated carbocycles. The van der Waals surface area contributed by atoms with Crippen molar-refractivity contribution in [1.82, 2.24) is 14.5 Å². The van der Waals surface area contributed by atoms with Crippen molar-refractivity contribution in [3.8, 4) is 5.75 Å². The molecule has 2 heterocycles. The second-order valence-electron chi connectivity index (χ2n) is 7.41. The fraction of sp³-hybridized carbons (Fsp3) is 0.421. The van der Waals surface area contributed by atoms with Crippen LogP contribution in [0.2, 0.25) is 5.02 Å². The zero-order valence-electron chi connectivity index (χ0n) is 17.0. The van der Waals surface area contributed by atoms with Crippen molar-refractivity contribution in [3.05, 3.63) is 34.6 Å². The number of fused-ring (bicyclic) bond motifs is 1. The Labute approximate surface area is 179 Å². The van der Waals surface area contributed by atoms with Crippen LogP contribution in [0, 0.1) is 12.8 Å². The summed E-state index contributed by atoms with van der Waals surface area (Å²) >= 11 is 6.04. The predicted octanol–water partition coefficient (Wildman–Crippen LogP) is 2.73. The molecule has 9 nitrogen and oxygen atoms in total. The molecule has 11 heteroatoms. The average molecular weight is 455 g/mol. The Morgan fingerprint density at radius 1 is 1.40 bits per heavy atom. The van der Waals surface area contributed by atoms with Crippen molar-refractivity contribution in [2.75, 3.05) is 5.32 Å². The molecule has 1 aromatic heterocycles. The molecular weight excluding hydrogens is 432 g/mol. The van der Waals surface area contributed by atoms with E-state index in [1.165, 1.54) is 23.0 Å². The lowest BCUT2D eigenvalue weighted by Gasteiger charge is -2.29. The number of carbonyl (C=O) groups is 2. The Morgan fingerprint density at radius 3 is 2.73 bits per heavy atom. The van der Waals surface area contributed by atoms with Crippen LogP contribution in [0.3, 0.4) is 0 Å². The van der Waals surface area contributed by atoms with Gasteiger partial charge in [0.05, 0.1) is 15.6 Å². The van der Waals surface area contributed by atoms with Gasteiger partial charge in [0.1, 0.15) is 5.75 Å². The lowest BCUT2D eigenvalue weighted by atomic mass is 10.0. The number of amides is 2. The molecule has 162 valence electrons. The molecule has 2 aromatic rings. The smallest absolute Gasteiger partial charge is 0.287 e. The first-order valence-electron chi connectivity index (χ1n) is 9.45. The number of hydrogen-bond donors (Lipinski definition) is 2. The number of sulfonamides is 1. The van der Waals surface area contributed by atoms with E-state index in [4.69, 9.17) is 16.3 Å². The largest absolute Gasteiger partial charge is 0.478 e. The van der Waals surface area contributed by atoms with E-state index in [2.05, 4.69) is 10.4 Å². The number of benzene rings is 1. The number of carbonyl (C=O) groups excluding carboxylic acids is 2. The number of hydrogen-bond acceptors (Lipinski definition) is 6. The van der Waals surface area contributed by atoms with Gasteiger partial charge < -0.3 is 10.1 Å². The van der Waals surface area contributed by atoms with Crippen molar-refractivity contribution in [1.29, 1.82) is 0 Å². The molecule has 0 spiro atoms. The highest BCUT2D eigenvalue weighted by Crippen LogP contribution is 2.35. The van der Waals surface area contributed by atoms with Gasteiger partial charge in [-0.1, -0.05) is 32.4 Å². The van der Waals surface area contributed by atoms with E-state index in [1.807, 2.05) is 25.5 Å². The van der Waals surface area contributed by atoms with Gasteiger partial charge in [-0.3, -0.25) is 14.3 Å². The maximum atomic E-state index is 12.9. The summed E-state index contributed by atoms with van der Waals surface area (Å²) in [5.74, 6) is -1.11. The zero-order valence-corrected chi connectivity index (χ0v) is 18.6. The van der Waals surface area contributed by atoms with E-state index >= 15 is 0 Å². The number of aromatic nitrogens is 2. The third kappa shape index (κ3) is 4.29. The number of nitrogens with zero attached hydrogens (tertiary/aromatic N) is 2. The third-order valence-corrected chi connectivity index (χ3v) is 6.30. The number of rotatable bonds is 6. The number of halogens is 1. The van der Waals surface area contributed by atoms with E-state index in [1.54, 1.807) is 6.92 Å². The molecular formula is C19H23ClN4O5S. The van der Waals surface area contributed by atoms with E-state index < -0.39 is 22.0 Å². The maximum Gasteiger partial charge on any atom is 0.287 e. The van der Waals surface area contributed by atoms with Crippen LogP contribution < -0.4 is 14.8 Å². The van der Waals surface area contributed by atoms with Gasteiger partial charge in [-0.25, -0.2) is 13.1 Å². The minimum absolute atomic E-state index is 0.0594. The lowest BCUT2D eigenvalue weighted by Crippen LogP contribution is -2.40. The predicted molar refractivity (Wildman–Crippen MR) is 111 cm³/mol. The van der Waals surface area contributed by atoms with Gasteiger partial charge >= 0.3 is 0 Å². The van der Waals surface area contributed by atoms with Crippen LogP contribution in [0.5, 0.6) is 5.75 Å². The summed E-state index contributed by atoms with van der Waals surface area (Å²) in [7, 11) is -4.24. The van der Waals surface area contributed by atoms with Crippen molar-refractivity contribution >= 4 is 39.1 Å². The topological polar surface area (TPSA) is 119 Å². The van der Waals surface area contributed by atoms with Gasteiger partial charge in [0, 0.05) is 18.8 Å². The molecule has 0 bridgehead atoms. The molecule has 2 N–H and O–H groups in total. The second-order valence-corrected chi connectivity index (χ2v) is 9.47. The second kappa shape index (κ2) is 8.27. The van der Waals surface area contributed by atoms with Gasteiger partial charge in [0.25, 0.3) is 21.8 Å². The van der Waals surface area contributed by atoms with Crippen LogP contribution >= 0.6 is 11.6 Å². The molecule has 1 aliphatic heterocycles. The first kappa shape index (κ1) is 22.1. The van der Waals surface area contributed by atoms with Gasteiger partial charge in [-0.05, 0) is 30.9 Å². The quantitative estimate of drug-likeness (QED) is 0.692. The molecule has 3 rings (SSSR count). The average Bonchev–Trinajstić information content (AvgIpc) is 3.00. The van der Waals surface area contributed by atoms with Gasteiger partial charge in [0.15, 0.2) is 11.8 Å². The molecule has 2 amide bonds. The Kier molecular flexibility index (Phi) is 6.09. The molecule has 0 unspecified atom stereocenters. The summed E-state index contributed by atoms with van der Waals surface area (Å²) in [6, 6.07) is 2.79. The monoisotopic (exact) mass is 454 g/mol. The highest BCUT2D eigenvalue weighted by molar-refractivity contribution is 7.90. The van der Waals surface area contributed by atoms with Gasteiger partial charge in [0.2, 0.25) is 0 Å². The Morgan fingerprint density at radius 2 is 2.10 bits per heavy atom. The standard InChI is InChI=1S/C19H23ClN4O5S/c1-5-6-24-9-12(20)16(22-24)18(25)23-30(27,28)15-8-14-13(7-11(15)4)21-19(26)17(29-14)10(2)3/h7-10,17H,5-6H2,1-4H3,(H,21,26)(H,23,25)/t17-/m0/s1. The molecule has 0 radical (unpaired) electrons. The Balaban J connectivity index is 1.90. The summed E-state index contributed by atoms with van der Waals surface area (Å²) in [6.07, 6.45) is 1.51. The third-order valence-electron chi connectivity index (χ3n) is 4.55. The normalized spacial score (nSPS) is 16.1. The summed E-state index contributed by atoms with van der Waals surface area (Å²) in [5.41, 5.74) is 0.539. The van der Waals surface area contributed by atoms with Crippen LogP contribution in [0.4, 0.5) is 5.69 Å². The van der Waals surface area contributed by atoms with Crippen LogP contribution in [-0.4, -0.2) is 36.1 Å². The molecule has 30 heavy (non-hydrogen) atoms.